The van der Waals surface area contributed by atoms with Crippen molar-refractivity contribution >= 4 is 15.9 Å². The first-order valence-electron chi connectivity index (χ1n) is 7.87. The summed E-state index contributed by atoms with van der Waals surface area (Å²) in [6.45, 7) is 3.66. The predicted octanol–water partition coefficient (Wildman–Crippen LogP) is 2.93. The lowest BCUT2D eigenvalue weighted by molar-refractivity contribution is -0.127. The molecule has 0 N–H and O–H groups in total. The molecular weight excluding hydrogens is 310 g/mol. The molecule has 0 heterocycles. The lowest BCUT2D eigenvalue weighted by atomic mass is 10.0. The summed E-state index contributed by atoms with van der Waals surface area (Å²) in [6, 6.07) is 9.59. The molecular formula is C18H23NO3S. The summed E-state index contributed by atoms with van der Waals surface area (Å²) < 4.78 is 25.8. The van der Waals surface area contributed by atoms with Crippen LogP contribution in [0, 0.1) is 5.92 Å². The minimum absolute atomic E-state index is 0.153. The number of carbonyl (C=O) groups is 1. The lowest BCUT2D eigenvalue weighted by Crippen LogP contribution is -2.40. The summed E-state index contributed by atoms with van der Waals surface area (Å²) in [5.41, 5.74) is 1.01. The number of sulfonamides is 1. The molecule has 1 amide bonds. The van der Waals surface area contributed by atoms with Crippen LogP contribution in [0.3, 0.4) is 0 Å². The van der Waals surface area contributed by atoms with Gasteiger partial charge in [-0.3, -0.25) is 4.79 Å². The molecule has 0 radical (unpaired) electrons. The minimum atomic E-state index is -3.64. The summed E-state index contributed by atoms with van der Waals surface area (Å²) in [5, 5.41) is 0. The highest BCUT2D eigenvalue weighted by atomic mass is 32.2. The first kappa shape index (κ1) is 17.5. The molecule has 0 bridgehead atoms. The number of hydrogen-bond donors (Lipinski definition) is 0. The highest BCUT2D eigenvalue weighted by Gasteiger charge is 2.27. The van der Waals surface area contributed by atoms with E-state index in [0.717, 1.165) is 22.7 Å². The van der Waals surface area contributed by atoms with Crippen LogP contribution in [0.15, 0.2) is 55.1 Å². The van der Waals surface area contributed by atoms with Gasteiger partial charge in [0.25, 0.3) is 0 Å². The van der Waals surface area contributed by atoms with Gasteiger partial charge >= 0.3 is 0 Å². The van der Waals surface area contributed by atoms with E-state index in [2.05, 4.69) is 6.58 Å². The minimum Gasteiger partial charge on any atom is -0.274 e. The SMILES string of the molecule is C=CCS(=O)(=O)N(CCc1ccccc1)C(=O)CC1C=CCC1. The van der Waals surface area contributed by atoms with Gasteiger partial charge in [-0.15, -0.1) is 6.58 Å². The summed E-state index contributed by atoms with van der Waals surface area (Å²) >= 11 is 0. The second-order valence-electron chi connectivity index (χ2n) is 5.74. The van der Waals surface area contributed by atoms with E-state index in [4.69, 9.17) is 0 Å². The maximum atomic E-state index is 12.5. The van der Waals surface area contributed by atoms with Gasteiger partial charge in [0, 0.05) is 13.0 Å². The molecule has 1 aromatic rings. The average Bonchev–Trinajstić information content (AvgIpc) is 3.01. The van der Waals surface area contributed by atoms with Crippen LogP contribution >= 0.6 is 0 Å². The van der Waals surface area contributed by atoms with Crippen LogP contribution < -0.4 is 0 Å². The van der Waals surface area contributed by atoms with E-state index >= 15 is 0 Å². The molecule has 1 atom stereocenters. The Kier molecular flexibility index (Phi) is 6.16. The first-order chi connectivity index (χ1) is 11.0. The van der Waals surface area contributed by atoms with Gasteiger partial charge in [-0.1, -0.05) is 48.6 Å². The number of hydrogen-bond acceptors (Lipinski definition) is 3. The Morgan fingerprint density at radius 3 is 2.65 bits per heavy atom. The molecule has 1 aromatic carbocycles. The summed E-state index contributed by atoms with van der Waals surface area (Å²) in [7, 11) is -3.64. The molecule has 4 nitrogen and oxygen atoms in total. The van der Waals surface area contributed by atoms with Gasteiger partial charge in [0.1, 0.15) is 0 Å². The van der Waals surface area contributed by atoms with E-state index < -0.39 is 10.0 Å². The molecule has 1 aliphatic carbocycles. The summed E-state index contributed by atoms with van der Waals surface area (Å²) in [6.07, 6.45) is 8.03. The third kappa shape index (κ3) is 5.06. The van der Waals surface area contributed by atoms with Crippen LogP contribution in [0.1, 0.15) is 24.8 Å². The molecule has 0 aromatic heterocycles. The number of rotatable bonds is 8. The van der Waals surface area contributed by atoms with Gasteiger partial charge in [-0.2, -0.15) is 0 Å². The smallest absolute Gasteiger partial charge is 0.240 e. The fraction of sp³-hybridized carbons (Fsp3) is 0.389. The van der Waals surface area contributed by atoms with Crippen LogP contribution in [0.5, 0.6) is 0 Å². The van der Waals surface area contributed by atoms with Crippen molar-refractivity contribution in [2.24, 2.45) is 5.92 Å². The maximum absolute atomic E-state index is 12.5. The third-order valence-corrected chi connectivity index (χ3v) is 5.65. The van der Waals surface area contributed by atoms with Gasteiger partial charge in [-0.05, 0) is 30.7 Å². The second kappa shape index (κ2) is 8.11. The molecule has 1 unspecified atom stereocenters. The van der Waals surface area contributed by atoms with Crippen molar-refractivity contribution < 1.29 is 13.2 Å². The van der Waals surface area contributed by atoms with Crippen LogP contribution in [0.4, 0.5) is 0 Å². The largest absolute Gasteiger partial charge is 0.274 e. The Balaban J connectivity index is 2.09. The van der Waals surface area contributed by atoms with E-state index in [1.807, 2.05) is 42.5 Å². The number of carbonyl (C=O) groups excluding carboxylic acids is 1. The van der Waals surface area contributed by atoms with Crippen molar-refractivity contribution in [3.05, 3.63) is 60.7 Å². The third-order valence-electron chi connectivity index (χ3n) is 3.94. The average molecular weight is 333 g/mol. The molecule has 2 rings (SSSR count). The van der Waals surface area contributed by atoms with E-state index in [9.17, 15) is 13.2 Å². The Morgan fingerprint density at radius 2 is 2.04 bits per heavy atom. The molecule has 0 fully saturated rings. The molecule has 0 saturated heterocycles. The highest BCUT2D eigenvalue weighted by molar-refractivity contribution is 7.89. The Morgan fingerprint density at radius 1 is 1.30 bits per heavy atom. The van der Waals surface area contributed by atoms with Crippen LogP contribution in [0.2, 0.25) is 0 Å². The van der Waals surface area contributed by atoms with Gasteiger partial charge in [-0.25, -0.2) is 12.7 Å². The molecule has 0 aliphatic heterocycles. The summed E-state index contributed by atoms with van der Waals surface area (Å²) in [5.74, 6) is -0.381. The summed E-state index contributed by atoms with van der Waals surface area (Å²) in [4.78, 5) is 12.5. The molecule has 124 valence electrons. The molecule has 0 spiro atoms. The van der Waals surface area contributed by atoms with Crippen molar-refractivity contribution in [3.8, 4) is 0 Å². The zero-order valence-electron chi connectivity index (χ0n) is 13.2. The zero-order chi connectivity index (χ0) is 16.7. The van der Waals surface area contributed by atoms with Crippen LogP contribution in [-0.4, -0.2) is 30.9 Å². The Bertz CT molecular complexity index is 665. The fourth-order valence-electron chi connectivity index (χ4n) is 2.72. The molecule has 1 aliphatic rings. The van der Waals surface area contributed by atoms with Crippen LogP contribution in [-0.2, 0) is 21.2 Å². The van der Waals surface area contributed by atoms with Crippen LogP contribution in [0.25, 0.3) is 0 Å². The molecule has 0 saturated carbocycles. The van der Waals surface area contributed by atoms with E-state index in [0.29, 0.717) is 6.42 Å². The van der Waals surface area contributed by atoms with E-state index in [1.54, 1.807) is 0 Å². The number of allylic oxidation sites excluding steroid dienone is 2. The Hall–Kier alpha value is -1.88. The first-order valence-corrected chi connectivity index (χ1v) is 9.48. The zero-order valence-corrected chi connectivity index (χ0v) is 14.0. The maximum Gasteiger partial charge on any atom is 0.240 e. The quantitative estimate of drug-likeness (QED) is 0.687. The van der Waals surface area contributed by atoms with E-state index in [1.165, 1.54) is 6.08 Å². The van der Waals surface area contributed by atoms with Gasteiger partial charge < -0.3 is 0 Å². The molecule has 23 heavy (non-hydrogen) atoms. The Labute approximate surface area is 138 Å². The number of benzene rings is 1. The lowest BCUT2D eigenvalue weighted by Gasteiger charge is -2.23. The van der Waals surface area contributed by atoms with Crippen molar-refractivity contribution in [2.75, 3.05) is 12.3 Å². The van der Waals surface area contributed by atoms with Gasteiger partial charge in [0.15, 0.2) is 0 Å². The molecule has 5 heteroatoms. The van der Waals surface area contributed by atoms with Crippen molar-refractivity contribution in [1.82, 2.24) is 4.31 Å². The van der Waals surface area contributed by atoms with E-state index in [-0.39, 0.29) is 30.5 Å². The normalized spacial score (nSPS) is 17.1. The van der Waals surface area contributed by atoms with Crippen molar-refractivity contribution in [2.45, 2.75) is 25.7 Å². The topological polar surface area (TPSA) is 54.5 Å². The van der Waals surface area contributed by atoms with Crippen molar-refractivity contribution in [3.63, 3.8) is 0 Å². The number of amides is 1. The van der Waals surface area contributed by atoms with Gasteiger partial charge in [0.05, 0.1) is 5.75 Å². The number of nitrogens with zero attached hydrogens (tertiary/aromatic N) is 1. The standard InChI is InChI=1S/C18H23NO3S/c1-2-14-23(21,22)19(13-12-16-8-4-3-5-9-16)18(20)15-17-10-6-7-11-17/h2-6,8-10,17H,1,7,11-15H2. The van der Waals surface area contributed by atoms with Crippen molar-refractivity contribution in [1.29, 1.82) is 0 Å². The predicted molar refractivity (Wildman–Crippen MR) is 92.3 cm³/mol. The van der Waals surface area contributed by atoms with Gasteiger partial charge in [0.2, 0.25) is 15.9 Å². The fourth-order valence-corrected chi connectivity index (χ4v) is 3.96. The second-order valence-corrected chi connectivity index (χ2v) is 7.68. The highest BCUT2D eigenvalue weighted by Crippen LogP contribution is 2.22. The monoisotopic (exact) mass is 333 g/mol.